The van der Waals surface area contributed by atoms with Gasteiger partial charge >= 0.3 is 0 Å². The van der Waals surface area contributed by atoms with Crippen molar-refractivity contribution in [2.75, 3.05) is 0 Å². The number of nitrogens with two attached hydrogens (primary N) is 1. The van der Waals surface area contributed by atoms with Gasteiger partial charge in [-0.3, -0.25) is 0 Å². The molecule has 1 nitrogen and oxygen atoms in total. The Hall–Kier alpha value is -0.0200. The molecule has 0 amide bonds. The average molecular weight is 283 g/mol. The fourth-order valence-corrected chi connectivity index (χ4v) is 1.59. The number of rotatable bonds is 2. The molecule has 0 fully saturated rings. The Labute approximate surface area is 97.5 Å². The van der Waals surface area contributed by atoms with Crippen LogP contribution in [0.4, 0.5) is 0 Å². The van der Waals surface area contributed by atoms with Gasteiger partial charge in [0.15, 0.2) is 0 Å². The van der Waals surface area contributed by atoms with E-state index < -0.39 is 0 Å². The standard InChI is InChI=1S/C9H9BrClN.ClH/c1-2-9(12)7-5-6(11)3-4-8(7)10;/h2-5,9H,1,12H2;1H/t9-;/m0./s1. The molecule has 2 N–H and O–H groups in total. The summed E-state index contributed by atoms with van der Waals surface area (Å²) in [5.74, 6) is 0. The first-order chi connectivity index (χ1) is 5.65. The monoisotopic (exact) mass is 281 g/mol. The Morgan fingerprint density at radius 3 is 2.69 bits per heavy atom. The van der Waals surface area contributed by atoms with Gasteiger partial charge in [0.25, 0.3) is 0 Å². The van der Waals surface area contributed by atoms with E-state index in [1.165, 1.54) is 0 Å². The van der Waals surface area contributed by atoms with Crippen LogP contribution in [0.5, 0.6) is 0 Å². The molecule has 72 valence electrons. The van der Waals surface area contributed by atoms with Crippen molar-refractivity contribution in [1.29, 1.82) is 0 Å². The zero-order chi connectivity index (χ0) is 9.14. The summed E-state index contributed by atoms with van der Waals surface area (Å²) in [6, 6.07) is 5.35. The van der Waals surface area contributed by atoms with Crippen LogP contribution in [0, 0.1) is 0 Å². The van der Waals surface area contributed by atoms with Crippen molar-refractivity contribution in [2.45, 2.75) is 6.04 Å². The molecule has 0 saturated heterocycles. The first-order valence-electron chi connectivity index (χ1n) is 3.48. The van der Waals surface area contributed by atoms with Crippen LogP contribution in [-0.4, -0.2) is 0 Å². The third-order valence-electron chi connectivity index (χ3n) is 1.57. The molecule has 0 aromatic heterocycles. The lowest BCUT2D eigenvalue weighted by Gasteiger charge is -2.08. The number of hydrogen-bond donors (Lipinski definition) is 1. The molecule has 0 spiro atoms. The topological polar surface area (TPSA) is 26.0 Å². The zero-order valence-electron chi connectivity index (χ0n) is 6.84. The van der Waals surface area contributed by atoms with Gasteiger partial charge in [-0.15, -0.1) is 19.0 Å². The molecule has 4 heteroatoms. The van der Waals surface area contributed by atoms with Crippen LogP contribution in [0.1, 0.15) is 11.6 Å². The third-order valence-corrected chi connectivity index (χ3v) is 2.53. The minimum absolute atomic E-state index is 0. The number of benzene rings is 1. The lowest BCUT2D eigenvalue weighted by atomic mass is 10.1. The quantitative estimate of drug-likeness (QED) is 0.823. The highest BCUT2D eigenvalue weighted by atomic mass is 79.9. The highest BCUT2D eigenvalue weighted by molar-refractivity contribution is 9.10. The van der Waals surface area contributed by atoms with Gasteiger partial charge in [0.1, 0.15) is 0 Å². The fraction of sp³-hybridized carbons (Fsp3) is 0.111. The van der Waals surface area contributed by atoms with Crippen LogP contribution in [0.3, 0.4) is 0 Å². The molecule has 1 atom stereocenters. The van der Waals surface area contributed by atoms with Crippen molar-refractivity contribution in [1.82, 2.24) is 0 Å². The van der Waals surface area contributed by atoms with Gasteiger partial charge in [0, 0.05) is 15.5 Å². The Morgan fingerprint density at radius 1 is 1.54 bits per heavy atom. The highest BCUT2D eigenvalue weighted by Gasteiger charge is 2.05. The molecular weight excluding hydrogens is 273 g/mol. The van der Waals surface area contributed by atoms with E-state index in [-0.39, 0.29) is 18.4 Å². The summed E-state index contributed by atoms with van der Waals surface area (Å²) in [5.41, 5.74) is 6.71. The van der Waals surface area contributed by atoms with Crippen LogP contribution >= 0.6 is 39.9 Å². The summed E-state index contributed by atoms with van der Waals surface area (Å²) in [6.07, 6.45) is 1.68. The molecule has 0 aliphatic carbocycles. The van der Waals surface area contributed by atoms with Crippen LogP contribution in [-0.2, 0) is 0 Å². The van der Waals surface area contributed by atoms with E-state index in [9.17, 15) is 0 Å². The summed E-state index contributed by atoms with van der Waals surface area (Å²) >= 11 is 9.19. The molecule has 1 aromatic carbocycles. The highest BCUT2D eigenvalue weighted by Crippen LogP contribution is 2.25. The number of hydrogen-bond acceptors (Lipinski definition) is 1. The van der Waals surface area contributed by atoms with E-state index >= 15 is 0 Å². The maximum atomic E-state index is 5.81. The largest absolute Gasteiger partial charge is 0.321 e. The third kappa shape index (κ3) is 3.31. The first-order valence-corrected chi connectivity index (χ1v) is 4.65. The molecule has 0 saturated carbocycles. The van der Waals surface area contributed by atoms with Crippen LogP contribution in [0.25, 0.3) is 0 Å². The van der Waals surface area contributed by atoms with Gasteiger partial charge in [-0.25, -0.2) is 0 Å². The average Bonchev–Trinajstić information content (AvgIpc) is 2.08. The summed E-state index contributed by atoms with van der Waals surface area (Å²) in [6.45, 7) is 3.62. The summed E-state index contributed by atoms with van der Waals surface area (Å²) in [7, 11) is 0. The van der Waals surface area contributed by atoms with Crippen molar-refractivity contribution in [2.24, 2.45) is 5.73 Å². The van der Waals surface area contributed by atoms with Gasteiger partial charge < -0.3 is 5.73 Å². The van der Waals surface area contributed by atoms with Crippen LogP contribution < -0.4 is 5.73 Å². The summed E-state index contributed by atoms with van der Waals surface area (Å²) < 4.78 is 0.958. The van der Waals surface area contributed by atoms with E-state index in [0.29, 0.717) is 5.02 Å². The Kier molecular flexibility index (Phi) is 5.65. The van der Waals surface area contributed by atoms with Gasteiger partial charge in [0.2, 0.25) is 0 Å². The Morgan fingerprint density at radius 2 is 2.15 bits per heavy atom. The zero-order valence-corrected chi connectivity index (χ0v) is 9.99. The van der Waals surface area contributed by atoms with Gasteiger partial charge in [-0.05, 0) is 23.8 Å². The second-order valence-corrected chi connectivity index (χ2v) is 3.72. The van der Waals surface area contributed by atoms with E-state index in [2.05, 4.69) is 22.5 Å². The first kappa shape index (κ1) is 13.0. The van der Waals surface area contributed by atoms with Gasteiger partial charge in [-0.1, -0.05) is 33.6 Å². The van der Waals surface area contributed by atoms with Crippen LogP contribution in [0.15, 0.2) is 35.3 Å². The SMILES string of the molecule is C=C[C@H](N)c1cc(Cl)ccc1Br.Cl. The van der Waals surface area contributed by atoms with E-state index in [0.717, 1.165) is 10.0 Å². The van der Waals surface area contributed by atoms with Gasteiger partial charge in [-0.2, -0.15) is 0 Å². The molecule has 0 heterocycles. The summed E-state index contributed by atoms with van der Waals surface area (Å²) in [4.78, 5) is 0. The van der Waals surface area contributed by atoms with Crippen molar-refractivity contribution >= 4 is 39.9 Å². The minimum atomic E-state index is -0.168. The van der Waals surface area contributed by atoms with Crippen molar-refractivity contribution in [3.8, 4) is 0 Å². The predicted octanol–water partition coefficient (Wildman–Crippen LogP) is 3.71. The Balaban J connectivity index is 0.00000144. The van der Waals surface area contributed by atoms with E-state index in [4.69, 9.17) is 17.3 Å². The van der Waals surface area contributed by atoms with Gasteiger partial charge in [0.05, 0.1) is 0 Å². The molecule has 1 rings (SSSR count). The van der Waals surface area contributed by atoms with Crippen molar-refractivity contribution in [3.05, 3.63) is 45.9 Å². The normalized spacial score (nSPS) is 11.6. The molecule has 13 heavy (non-hydrogen) atoms. The minimum Gasteiger partial charge on any atom is -0.321 e. The fourth-order valence-electron chi connectivity index (χ4n) is 0.897. The van der Waals surface area contributed by atoms with Crippen LogP contribution in [0.2, 0.25) is 5.02 Å². The molecular formula is C9H10BrCl2N. The molecule has 0 aliphatic rings. The lowest BCUT2D eigenvalue weighted by molar-refractivity contribution is 0.908. The van der Waals surface area contributed by atoms with E-state index in [1.807, 2.05) is 18.2 Å². The van der Waals surface area contributed by atoms with Crippen molar-refractivity contribution in [3.63, 3.8) is 0 Å². The smallest absolute Gasteiger partial charge is 0.0490 e. The summed E-state index contributed by atoms with van der Waals surface area (Å²) in [5, 5.41) is 0.686. The molecule has 1 aromatic rings. The predicted molar refractivity (Wildman–Crippen MR) is 63.5 cm³/mol. The molecule has 0 radical (unpaired) electrons. The Bertz CT molecular complexity index is 302. The number of halogens is 3. The maximum absolute atomic E-state index is 5.81. The lowest BCUT2D eigenvalue weighted by Crippen LogP contribution is -2.06. The van der Waals surface area contributed by atoms with Crippen molar-refractivity contribution < 1.29 is 0 Å². The second-order valence-electron chi connectivity index (χ2n) is 2.43. The van der Waals surface area contributed by atoms with E-state index in [1.54, 1.807) is 6.08 Å². The molecule has 0 unspecified atom stereocenters. The molecule has 0 bridgehead atoms. The second kappa shape index (κ2) is 5.66. The maximum Gasteiger partial charge on any atom is 0.0490 e. The molecule has 0 aliphatic heterocycles.